The molecular weight excluding hydrogens is 248 g/mol. The van der Waals surface area contributed by atoms with E-state index in [4.69, 9.17) is 0 Å². The summed E-state index contributed by atoms with van der Waals surface area (Å²) in [6, 6.07) is 0. The van der Waals surface area contributed by atoms with Crippen molar-refractivity contribution in [2.75, 3.05) is 11.5 Å². The number of allylic oxidation sites excluding steroid dienone is 1. The first-order chi connectivity index (χ1) is 7.33. The molecule has 16 heavy (non-hydrogen) atoms. The van der Waals surface area contributed by atoms with Gasteiger partial charge in [-0.25, -0.2) is 16.8 Å². The van der Waals surface area contributed by atoms with Crippen LogP contribution < -0.4 is 0 Å². The van der Waals surface area contributed by atoms with Gasteiger partial charge in [0.25, 0.3) is 0 Å². The van der Waals surface area contributed by atoms with E-state index in [1.165, 1.54) is 6.08 Å². The molecule has 6 heteroatoms. The molecule has 0 saturated carbocycles. The summed E-state index contributed by atoms with van der Waals surface area (Å²) >= 11 is 0. The van der Waals surface area contributed by atoms with Gasteiger partial charge >= 0.3 is 0 Å². The summed E-state index contributed by atoms with van der Waals surface area (Å²) in [5.41, 5.74) is 0. The summed E-state index contributed by atoms with van der Waals surface area (Å²) < 4.78 is 43.9. The van der Waals surface area contributed by atoms with Gasteiger partial charge in [-0.1, -0.05) is 25.3 Å². The van der Waals surface area contributed by atoms with Gasteiger partial charge in [-0.05, 0) is 12.8 Å². The van der Waals surface area contributed by atoms with Crippen molar-refractivity contribution in [3.05, 3.63) is 36.1 Å². The van der Waals surface area contributed by atoms with E-state index in [1.807, 2.05) is 0 Å². The Hall–Kier alpha value is -0.880. The average molecular weight is 264 g/mol. The highest BCUT2D eigenvalue weighted by molar-refractivity contribution is 7.94. The van der Waals surface area contributed by atoms with E-state index in [2.05, 4.69) is 13.2 Å². The lowest BCUT2D eigenvalue weighted by Gasteiger charge is -1.95. The lowest BCUT2D eigenvalue weighted by atomic mass is 10.3. The van der Waals surface area contributed by atoms with Gasteiger partial charge in [-0.3, -0.25) is 0 Å². The first kappa shape index (κ1) is 15.1. The van der Waals surface area contributed by atoms with Crippen molar-refractivity contribution in [3.63, 3.8) is 0 Å². The van der Waals surface area contributed by atoms with Crippen molar-refractivity contribution in [1.82, 2.24) is 0 Å². The van der Waals surface area contributed by atoms with E-state index >= 15 is 0 Å². The molecule has 0 amide bonds. The molecule has 0 aliphatic heterocycles. The Morgan fingerprint density at radius 3 is 1.94 bits per heavy atom. The fourth-order valence-electron chi connectivity index (χ4n) is 0.874. The minimum Gasteiger partial charge on any atom is -0.224 e. The van der Waals surface area contributed by atoms with Crippen molar-refractivity contribution in [2.24, 2.45) is 0 Å². The lowest BCUT2D eigenvalue weighted by molar-refractivity contribution is 0.601. The molecule has 0 aromatic heterocycles. The Kier molecular flexibility index (Phi) is 6.28. The molecule has 0 bridgehead atoms. The second-order valence-corrected chi connectivity index (χ2v) is 7.20. The van der Waals surface area contributed by atoms with E-state index in [-0.39, 0.29) is 11.5 Å². The van der Waals surface area contributed by atoms with Crippen molar-refractivity contribution in [1.29, 1.82) is 0 Å². The minimum atomic E-state index is -3.20. The molecule has 0 aliphatic rings. The van der Waals surface area contributed by atoms with Crippen LogP contribution in [-0.4, -0.2) is 28.3 Å². The number of rotatable bonds is 8. The largest absolute Gasteiger partial charge is 0.224 e. The molecule has 0 N–H and O–H groups in total. The minimum absolute atomic E-state index is 0.0368. The Bertz CT molecular complexity index is 455. The zero-order valence-corrected chi connectivity index (χ0v) is 10.6. The average Bonchev–Trinajstić information content (AvgIpc) is 2.23. The van der Waals surface area contributed by atoms with Crippen LogP contribution in [-0.2, 0) is 19.7 Å². The van der Waals surface area contributed by atoms with Crippen molar-refractivity contribution in [3.8, 4) is 0 Å². The molecule has 0 aliphatic carbocycles. The summed E-state index contributed by atoms with van der Waals surface area (Å²) in [4.78, 5) is 0. The van der Waals surface area contributed by atoms with Gasteiger partial charge in [0.1, 0.15) is 0 Å². The van der Waals surface area contributed by atoms with E-state index in [1.54, 1.807) is 6.08 Å². The van der Waals surface area contributed by atoms with Crippen LogP contribution in [0.1, 0.15) is 12.8 Å². The summed E-state index contributed by atoms with van der Waals surface area (Å²) in [7, 11) is -6.34. The van der Waals surface area contributed by atoms with Gasteiger partial charge in [0.15, 0.2) is 19.7 Å². The fraction of sp³-hybridized carbons (Fsp3) is 0.400. The molecule has 0 atom stereocenters. The monoisotopic (exact) mass is 264 g/mol. The molecule has 0 aromatic rings. The van der Waals surface area contributed by atoms with E-state index in [9.17, 15) is 16.8 Å². The zero-order chi connectivity index (χ0) is 12.7. The maximum atomic E-state index is 11.0. The van der Waals surface area contributed by atoms with Crippen molar-refractivity contribution >= 4 is 19.7 Å². The molecule has 0 heterocycles. The van der Waals surface area contributed by atoms with Crippen LogP contribution in [0, 0.1) is 0 Å². The first-order valence-electron chi connectivity index (χ1n) is 4.68. The molecule has 0 unspecified atom stereocenters. The summed E-state index contributed by atoms with van der Waals surface area (Å²) in [6.07, 6.45) is 4.13. The van der Waals surface area contributed by atoms with Gasteiger partial charge < -0.3 is 0 Å². The van der Waals surface area contributed by atoms with Gasteiger partial charge in [0.2, 0.25) is 0 Å². The molecular formula is C10H16O4S2. The molecule has 0 radical (unpaired) electrons. The number of unbranched alkanes of at least 4 members (excludes halogenated alkanes) is 1. The molecule has 0 spiro atoms. The van der Waals surface area contributed by atoms with Crippen LogP contribution in [0.25, 0.3) is 0 Å². The van der Waals surface area contributed by atoms with Crippen LogP contribution in [0.15, 0.2) is 36.1 Å². The normalized spacial score (nSPS) is 12.8. The van der Waals surface area contributed by atoms with Gasteiger partial charge in [-0.2, -0.15) is 0 Å². The third kappa shape index (κ3) is 7.42. The first-order valence-corrected chi connectivity index (χ1v) is 8.11. The van der Waals surface area contributed by atoms with E-state index in [0.29, 0.717) is 12.8 Å². The van der Waals surface area contributed by atoms with Crippen LogP contribution in [0.4, 0.5) is 0 Å². The molecule has 0 aromatic carbocycles. The molecule has 4 nitrogen and oxygen atoms in total. The van der Waals surface area contributed by atoms with Crippen LogP contribution in [0.2, 0.25) is 0 Å². The standard InChI is InChI=1S/C10H16O4S2/c1-3-15(11,12)9-7-5-6-8-10-16(13,14)4-2/h3-5,7H,1-2,6,8-10H2/b7-5+. The predicted molar refractivity (Wildman–Crippen MR) is 66.3 cm³/mol. The second-order valence-electron chi connectivity index (χ2n) is 3.14. The Morgan fingerprint density at radius 2 is 1.44 bits per heavy atom. The molecule has 0 rings (SSSR count). The quantitative estimate of drug-likeness (QED) is 0.491. The van der Waals surface area contributed by atoms with Crippen LogP contribution in [0.3, 0.4) is 0 Å². The fourth-order valence-corrected chi connectivity index (χ4v) is 2.15. The Labute approximate surface area is 97.2 Å². The van der Waals surface area contributed by atoms with Crippen molar-refractivity contribution < 1.29 is 16.8 Å². The molecule has 0 fully saturated rings. The van der Waals surface area contributed by atoms with E-state index in [0.717, 1.165) is 10.8 Å². The molecule has 92 valence electrons. The van der Waals surface area contributed by atoms with Gasteiger partial charge in [0, 0.05) is 10.8 Å². The van der Waals surface area contributed by atoms with Crippen molar-refractivity contribution in [2.45, 2.75) is 12.8 Å². The topological polar surface area (TPSA) is 68.3 Å². The smallest absolute Gasteiger partial charge is 0.174 e. The third-order valence-corrected chi connectivity index (χ3v) is 4.33. The number of sulfone groups is 2. The lowest BCUT2D eigenvalue weighted by Crippen LogP contribution is -2.01. The molecule has 0 saturated heterocycles. The maximum Gasteiger partial charge on any atom is 0.174 e. The highest BCUT2D eigenvalue weighted by Crippen LogP contribution is 2.00. The maximum absolute atomic E-state index is 11.0. The summed E-state index contributed by atoms with van der Waals surface area (Å²) in [5, 5.41) is 1.83. The summed E-state index contributed by atoms with van der Waals surface area (Å²) in [6.45, 7) is 6.37. The second kappa shape index (κ2) is 6.65. The Balaban J connectivity index is 3.89. The van der Waals surface area contributed by atoms with Crippen LogP contribution >= 0.6 is 0 Å². The van der Waals surface area contributed by atoms with Gasteiger partial charge in [-0.15, -0.1) is 0 Å². The summed E-state index contributed by atoms with van der Waals surface area (Å²) in [5.74, 6) is -0.0558. The van der Waals surface area contributed by atoms with Gasteiger partial charge in [0.05, 0.1) is 11.5 Å². The van der Waals surface area contributed by atoms with Crippen LogP contribution in [0.5, 0.6) is 0 Å². The highest BCUT2D eigenvalue weighted by Gasteiger charge is 2.03. The number of hydrogen-bond acceptors (Lipinski definition) is 4. The predicted octanol–water partition coefficient (Wildman–Crippen LogP) is 1.44. The Morgan fingerprint density at radius 1 is 0.875 bits per heavy atom. The van der Waals surface area contributed by atoms with E-state index < -0.39 is 19.7 Å². The number of hydrogen-bond donors (Lipinski definition) is 0. The third-order valence-electron chi connectivity index (χ3n) is 1.80. The highest BCUT2D eigenvalue weighted by atomic mass is 32.2. The zero-order valence-electron chi connectivity index (χ0n) is 9.00. The SMILES string of the molecule is C=CS(=O)(=O)C/C=C/CCCS(=O)(=O)C=C.